The molecule has 2 heterocycles. The van der Waals surface area contributed by atoms with Crippen molar-refractivity contribution >= 4 is 11.6 Å². The summed E-state index contributed by atoms with van der Waals surface area (Å²) in [4.78, 5) is 27.2. The molecule has 0 amide bonds. The molecule has 0 saturated heterocycles. The standard InChI is InChI=1S/C35H31ClN4O4/c1-20-4-10-23(11-5-20)32-30(34(41)39-37-32)29(31-33(38-40-35(31)42)24-12-6-21(2)7-13-24)25-14-17-27(28(18-25)43-3)44-19-22-8-15-26(36)16-9-22/h4-18,29H,19H2,1-3H3,(H2,37,39,41)(H2,38,40,42). The second-order valence-corrected chi connectivity index (χ2v) is 11.2. The number of ether oxygens (including phenoxy) is 2. The molecule has 44 heavy (non-hydrogen) atoms. The Labute approximate surface area is 258 Å². The van der Waals surface area contributed by atoms with Crippen LogP contribution in [0.5, 0.6) is 11.5 Å². The minimum absolute atomic E-state index is 0.306. The minimum atomic E-state index is -0.771. The molecule has 0 atom stereocenters. The van der Waals surface area contributed by atoms with E-state index in [0.717, 1.165) is 27.8 Å². The first-order valence-electron chi connectivity index (χ1n) is 14.1. The Hall–Kier alpha value is -5.21. The molecule has 0 fully saturated rings. The van der Waals surface area contributed by atoms with Gasteiger partial charge >= 0.3 is 0 Å². The minimum Gasteiger partial charge on any atom is -0.493 e. The SMILES string of the molecule is COc1cc(C(c2c(-c3ccc(C)cc3)[nH][nH]c2=O)c2c(-c3ccc(C)cc3)[nH][nH]c2=O)ccc1OCc1ccc(Cl)cc1. The maximum absolute atomic E-state index is 13.6. The highest BCUT2D eigenvalue weighted by Crippen LogP contribution is 2.40. The molecule has 0 aliphatic rings. The van der Waals surface area contributed by atoms with Crippen molar-refractivity contribution in [2.24, 2.45) is 0 Å². The second kappa shape index (κ2) is 12.2. The summed E-state index contributed by atoms with van der Waals surface area (Å²) in [5.74, 6) is 0.217. The highest BCUT2D eigenvalue weighted by molar-refractivity contribution is 6.30. The van der Waals surface area contributed by atoms with Crippen molar-refractivity contribution in [3.8, 4) is 34.0 Å². The topological polar surface area (TPSA) is 116 Å². The van der Waals surface area contributed by atoms with Gasteiger partial charge in [-0.05, 0) is 60.4 Å². The molecule has 222 valence electrons. The van der Waals surface area contributed by atoms with E-state index in [1.807, 2.05) is 98.8 Å². The average Bonchev–Trinajstić information content (AvgIpc) is 3.60. The third kappa shape index (κ3) is 5.72. The number of aryl methyl sites for hydroxylation is 2. The summed E-state index contributed by atoms with van der Waals surface area (Å²) in [5, 5.41) is 12.3. The zero-order valence-corrected chi connectivity index (χ0v) is 25.2. The van der Waals surface area contributed by atoms with Crippen molar-refractivity contribution in [3.63, 3.8) is 0 Å². The number of hydrogen-bond donors (Lipinski definition) is 4. The monoisotopic (exact) mass is 606 g/mol. The van der Waals surface area contributed by atoms with Crippen LogP contribution in [-0.4, -0.2) is 27.5 Å². The number of halogens is 1. The molecule has 0 unspecified atom stereocenters. The zero-order chi connectivity index (χ0) is 30.8. The van der Waals surface area contributed by atoms with E-state index in [4.69, 9.17) is 21.1 Å². The Bertz CT molecular complexity index is 1920. The maximum atomic E-state index is 13.6. The van der Waals surface area contributed by atoms with Gasteiger partial charge in [-0.15, -0.1) is 0 Å². The molecule has 4 N–H and O–H groups in total. The largest absolute Gasteiger partial charge is 0.493 e. The number of H-pyrrole nitrogens is 4. The number of nitrogens with one attached hydrogen (secondary N) is 4. The molecule has 6 aromatic rings. The Morgan fingerprint density at radius 3 is 1.68 bits per heavy atom. The van der Waals surface area contributed by atoms with Crippen molar-refractivity contribution in [1.29, 1.82) is 0 Å². The van der Waals surface area contributed by atoms with Gasteiger partial charge < -0.3 is 9.47 Å². The number of aromatic amines is 4. The molecule has 0 bridgehead atoms. The van der Waals surface area contributed by atoms with Crippen LogP contribution in [0, 0.1) is 13.8 Å². The normalized spacial score (nSPS) is 11.2. The fourth-order valence-corrected chi connectivity index (χ4v) is 5.51. The summed E-state index contributed by atoms with van der Waals surface area (Å²) in [7, 11) is 1.56. The maximum Gasteiger partial charge on any atom is 0.268 e. The Morgan fingerprint density at radius 2 is 1.18 bits per heavy atom. The first kappa shape index (κ1) is 28.9. The van der Waals surface area contributed by atoms with Crippen LogP contribution in [-0.2, 0) is 6.61 Å². The van der Waals surface area contributed by atoms with Crippen molar-refractivity contribution < 1.29 is 9.47 Å². The molecule has 9 heteroatoms. The van der Waals surface area contributed by atoms with E-state index in [1.165, 1.54) is 0 Å². The van der Waals surface area contributed by atoms with Gasteiger partial charge in [0.1, 0.15) is 6.61 Å². The lowest BCUT2D eigenvalue weighted by molar-refractivity contribution is 0.284. The molecule has 0 radical (unpaired) electrons. The Morgan fingerprint density at radius 1 is 0.659 bits per heavy atom. The number of aromatic nitrogens is 4. The molecule has 0 spiro atoms. The first-order chi connectivity index (χ1) is 21.3. The van der Waals surface area contributed by atoms with E-state index in [9.17, 15) is 9.59 Å². The average molecular weight is 607 g/mol. The van der Waals surface area contributed by atoms with Crippen LogP contribution in [0.1, 0.15) is 39.3 Å². The number of hydrogen-bond acceptors (Lipinski definition) is 4. The Kier molecular flexibility index (Phi) is 8.00. The first-order valence-corrected chi connectivity index (χ1v) is 14.5. The number of benzene rings is 4. The van der Waals surface area contributed by atoms with Gasteiger partial charge in [0.25, 0.3) is 11.1 Å². The van der Waals surface area contributed by atoms with Gasteiger partial charge in [-0.1, -0.05) is 89.5 Å². The van der Waals surface area contributed by atoms with Gasteiger partial charge in [0.05, 0.1) is 29.6 Å². The lowest BCUT2D eigenvalue weighted by atomic mass is 9.83. The third-order valence-electron chi connectivity index (χ3n) is 7.72. The van der Waals surface area contributed by atoms with Crippen LogP contribution in [0.3, 0.4) is 0 Å². The van der Waals surface area contributed by atoms with E-state index in [1.54, 1.807) is 13.2 Å². The summed E-state index contributed by atoms with van der Waals surface area (Å²) in [6.45, 7) is 4.31. The fourth-order valence-electron chi connectivity index (χ4n) is 5.38. The van der Waals surface area contributed by atoms with Gasteiger partial charge in [0.2, 0.25) is 0 Å². The smallest absolute Gasteiger partial charge is 0.268 e. The third-order valence-corrected chi connectivity index (χ3v) is 7.97. The molecule has 0 saturated carbocycles. The predicted molar refractivity (Wildman–Crippen MR) is 173 cm³/mol. The van der Waals surface area contributed by atoms with Crippen molar-refractivity contribution in [3.05, 3.63) is 150 Å². The highest BCUT2D eigenvalue weighted by Gasteiger charge is 2.32. The molecule has 2 aromatic heterocycles. The molecular weight excluding hydrogens is 576 g/mol. The van der Waals surface area contributed by atoms with E-state index in [0.29, 0.717) is 51.2 Å². The van der Waals surface area contributed by atoms with Gasteiger partial charge in [-0.2, -0.15) is 0 Å². The molecule has 8 nitrogen and oxygen atoms in total. The summed E-state index contributed by atoms with van der Waals surface area (Å²) in [5.41, 5.74) is 6.77. The van der Waals surface area contributed by atoms with Crippen LogP contribution >= 0.6 is 11.6 Å². The molecular formula is C35H31ClN4O4. The van der Waals surface area contributed by atoms with Gasteiger partial charge in [-0.3, -0.25) is 30.0 Å². The van der Waals surface area contributed by atoms with Crippen LogP contribution in [0.25, 0.3) is 22.5 Å². The lowest BCUT2D eigenvalue weighted by Gasteiger charge is -2.20. The van der Waals surface area contributed by atoms with E-state index in [-0.39, 0.29) is 11.1 Å². The molecule has 0 aliphatic carbocycles. The molecule has 4 aromatic carbocycles. The molecule has 0 aliphatic heterocycles. The van der Waals surface area contributed by atoms with E-state index in [2.05, 4.69) is 20.4 Å². The number of rotatable bonds is 9. The summed E-state index contributed by atoms with van der Waals surface area (Å²) in [6, 6.07) is 28.6. The lowest BCUT2D eigenvalue weighted by Crippen LogP contribution is -2.20. The van der Waals surface area contributed by atoms with Crippen LogP contribution in [0.2, 0.25) is 5.02 Å². The van der Waals surface area contributed by atoms with Gasteiger partial charge in [-0.25, -0.2) is 0 Å². The number of methoxy groups -OCH3 is 1. The van der Waals surface area contributed by atoms with Crippen LogP contribution < -0.4 is 20.6 Å². The zero-order valence-electron chi connectivity index (χ0n) is 24.5. The summed E-state index contributed by atoms with van der Waals surface area (Å²) in [6.07, 6.45) is 0. The van der Waals surface area contributed by atoms with Crippen LogP contribution in [0.4, 0.5) is 0 Å². The predicted octanol–water partition coefficient (Wildman–Crippen LogP) is 7.09. The molecule has 6 rings (SSSR count). The summed E-state index contributed by atoms with van der Waals surface area (Å²) >= 11 is 6.03. The van der Waals surface area contributed by atoms with Gasteiger partial charge in [0.15, 0.2) is 11.5 Å². The Balaban J connectivity index is 1.51. The van der Waals surface area contributed by atoms with Crippen molar-refractivity contribution in [2.45, 2.75) is 26.4 Å². The summed E-state index contributed by atoms with van der Waals surface area (Å²) < 4.78 is 11.9. The van der Waals surface area contributed by atoms with E-state index < -0.39 is 5.92 Å². The van der Waals surface area contributed by atoms with E-state index >= 15 is 0 Å². The second-order valence-electron chi connectivity index (χ2n) is 10.7. The fraction of sp³-hybridized carbons (Fsp3) is 0.143. The van der Waals surface area contributed by atoms with Crippen molar-refractivity contribution in [1.82, 2.24) is 20.4 Å². The quantitative estimate of drug-likeness (QED) is 0.141. The van der Waals surface area contributed by atoms with Gasteiger partial charge in [0, 0.05) is 10.9 Å². The van der Waals surface area contributed by atoms with Crippen LogP contribution in [0.15, 0.2) is 101 Å². The highest BCUT2D eigenvalue weighted by atomic mass is 35.5. The van der Waals surface area contributed by atoms with Crippen molar-refractivity contribution in [2.75, 3.05) is 7.11 Å².